The number of guanidine groups is 1. The third-order valence-electron chi connectivity index (χ3n) is 3.73. The number of ether oxygens (including phenoxy) is 1. The Bertz CT molecular complexity index is 592. The maximum absolute atomic E-state index is 5.25. The predicted octanol–water partition coefficient (Wildman–Crippen LogP) is 1.86. The topological polar surface area (TPSA) is 65.9 Å². The van der Waals surface area contributed by atoms with E-state index >= 15 is 0 Å². The lowest BCUT2D eigenvalue weighted by atomic mass is 10.3. The zero-order valence-electron chi connectivity index (χ0n) is 14.7. The molecular weight excluding hydrogens is 404 g/mol. The molecule has 138 valence electrons. The van der Waals surface area contributed by atoms with Gasteiger partial charge in [0, 0.05) is 51.3 Å². The van der Waals surface area contributed by atoms with Crippen LogP contribution in [-0.2, 0) is 0 Å². The Balaban J connectivity index is 1.84. The normalized spacial score (nSPS) is 15.2. The van der Waals surface area contributed by atoms with E-state index in [1.54, 1.807) is 13.3 Å². The van der Waals surface area contributed by atoms with Crippen molar-refractivity contribution in [2.75, 3.05) is 63.3 Å². The second-order valence-corrected chi connectivity index (χ2v) is 7.34. The highest BCUT2D eigenvalue weighted by molar-refractivity contribution is 9.10. The number of nitrogens with zero attached hydrogens (tertiary/aromatic N) is 5. The second-order valence-electron chi connectivity index (χ2n) is 5.34. The van der Waals surface area contributed by atoms with Crippen molar-refractivity contribution in [2.24, 2.45) is 4.99 Å². The lowest BCUT2D eigenvalue weighted by molar-refractivity contribution is 0.367. The molecule has 0 saturated carbocycles. The molecule has 0 spiro atoms. The minimum Gasteiger partial charge on any atom is -0.480 e. The lowest BCUT2D eigenvalue weighted by Crippen LogP contribution is -2.53. The van der Waals surface area contributed by atoms with E-state index < -0.39 is 0 Å². The number of halogens is 1. The van der Waals surface area contributed by atoms with Crippen molar-refractivity contribution in [3.8, 4) is 5.88 Å². The first-order valence-electron chi connectivity index (χ1n) is 8.15. The summed E-state index contributed by atoms with van der Waals surface area (Å²) in [5.74, 6) is 4.23. The zero-order chi connectivity index (χ0) is 18.1. The number of hydrogen-bond acceptors (Lipinski definition) is 6. The van der Waals surface area contributed by atoms with Gasteiger partial charge in [0.15, 0.2) is 5.96 Å². The van der Waals surface area contributed by atoms with Crippen molar-refractivity contribution in [3.63, 3.8) is 0 Å². The number of anilines is 1. The van der Waals surface area contributed by atoms with Crippen molar-refractivity contribution in [1.29, 1.82) is 0 Å². The van der Waals surface area contributed by atoms with E-state index in [1.165, 1.54) is 0 Å². The summed E-state index contributed by atoms with van der Waals surface area (Å²) < 4.78 is 6.01. The maximum Gasteiger partial charge on any atom is 0.232 e. The van der Waals surface area contributed by atoms with E-state index in [2.05, 4.69) is 52.6 Å². The molecule has 1 aliphatic rings. The van der Waals surface area contributed by atoms with Gasteiger partial charge < -0.3 is 19.9 Å². The fourth-order valence-corrected chi connectivity index (χ4v) is 3.42. The van der Waals surface area contributed by atoms with Crippen LogP contribution in [0.25, 0.3) is 0 Å². The second kappa shape index (κ2) is 10.5. The fourth-order valence-electron chi connectivity index (χ4n) is 2.49. The standard InChI is InChI=1S/C16H25BrN6OS/c1-4-10-25-11-5-19-15(18-2)22-6-8-23(9-7-22)16-20-12-13(17)14(21-16)24-3/h4,12H,1,5-11H2,2-3H3,(H,18,19). The van der Waals surface area contributed by atoms with Crippen LogP contribution in [-0.4, -0.2) is 79.2 Å². The van der Waals surface area contributed by atoms with Gasteiger partial charge >= 0.3 is 0 Å². The van der Waals surface area contributed by atoms with Crippen LogP contribution in [0.15, 0.2) is 28.3 Å². The van der Waals surface area contributed by atoms with Gasteiger partial charge in [0.25, 0.3) is 0 Å². The van der Waals surface area contributed by atoms with Gasteiger partial charge in [-0.25, -0.2) is 4.98 Å². The highest BCUT2D eigenvalue weighted by Gasteiger charge is 2.22. The summed E-state index contributed by atoms with van der Waals surface area (Å²) in [5.41, 5.74) is 0. The molecule has 0 bridgehead atoms. The number of aliphatic imine (C=N–C) groups is 1. The Morgan fingerprint density at radius 3 is 2.88 bits per heavy atom. The Kier molecular flexibility index (Phi) is 8.33. The number of nitrogens with one attached hydrogen (secondary N) is 1. The van der Waals surface area contributed by atoms with Gasteiger partial charge in [-0.3, -0.25) is 4.99 Å². The van der Waals surface area contributed by atoms with Crippen molar-refractivity contribution >= 4 is 39.6 Å². The summed E-state index contributed by atoms with van der Waals surface area (Å²) in [4.78, 5) is 17.7. The summed E-state index contributed by atoms with van der Waals surface area (Å²) >= 11 is 5.24. The molecule has 1 aromatic heterocycles. The summed E-state index contributed by atoms with van der Waals surface area (Å²) in [7, 11) is 3.44. The minimum absolute atomic E-state index is 0.557. The van der Waals surface area contributed by atoms with Gasteiger partial charge in [-0.15, -0.1) is 6.58 Å². The van der Waals surface area contributed by atoms with E-state index in [0.717, 1.165) is 54.7 Å². The maximum atomic E-state index is 5.25. The molecule has 1 N–H and O–H groups in total. The zero-order valence-corrected chi connectivity index (χ0v) is 17.1. The molecule has 1 fully saturated rings. The number of methoxy groups -OCH3 is 1. The van der Waals surface area contributed by atoms with Crippen molar-refractivity contribution in [1.82, 2.24) is 20.2 Å². The summed E-state index contributed by atoms with van der Waals surface area (Å²) in [6.07, 6.45) is 3.66. The van der Waals surface area contributed by atoms with Crippen LogP contribution in [0.1, 0.15) is 0 Å². The van der Waals surface area contributed by atoms with Crippen molar-refractivity contribution < 1.29 is 4.74 Å². The molecule has 0 aliphatic carbocycles. The van der Waals surface area contributed by atoms with Crippen LogP contribution in [0.5, 0.6) is 5.88 Å². The van der Waals surface area contributed by atoms with Crippen LogP contribution in [0.3, 0.4) is 0 Å². The van der Waals surface area contributed by atoms with Gasteiger partial charge in [0.05, 0.1) is 17.8 Å². The smallest absolute Gasteiger partial charge is 0.232 e. The average molecular weight is 429 g/mol. The van der Waals surface area contributed by atoms with Gasteiger partial charge in [0.2, 0.25) is 11.8 Å². The van der Waals surface area contributed by atoms with E-state index in [1.807, 2.05) is 24.9 Å². The molecule has 7 nitrogen and oxygen atoms in total. The van der Waals surface area contributed by atoms with Crippen LogP contribution in [0.2, 0.25) is 0 Å². The Labute approximate surface area is 162 Å². The van der Waals surface area contributed by atoms with Gasteiger partial charge in [-0.1, -0.05) is 6.08 Å². The summed E-state index contributed by atoms with van der Waals surface area (Å²) in [6, 6.07) is 0. The number of hydrogen-bond donors (Lipinski definition) is 1. The number of piperazine rings is 1. The fraction of sp³-hybridized carbons (Fsp3) is 0.562. The first kappa shape index (κ1) is 19.8. The summed E-state index contributed by atoms with van der Waals surface area (Å²) in [5, 5.41) is 3.42. The molecule has 2 heterocycles. The van der Waals surface area contributed by atoms with E-state index in [0.29, 0.717) is 11.8 Å². The largest absolute Gasteiger partial charge is 0.480 e. The van der Waals surface area contributed by atoms with Crippen LogP contribution in [0, 0.1) is 0 Å². The van der Waals surface area contributed by atoms with Gasteiger partial charge in [0.1, 0.15) is 0 Å². The molecule has 9 heteroatoms. The Hall–Kier alpha value is -1.48. The third-order valence-corrected chi connectivity index (χ3v) is 5.24. The van der Waals surface area contributed by atoms with E-state index in [9.17, 15) is 0 Å². The Morgan fingerprint density at radius 1 is 1.48 bits per heavy atom. The van der Waals surface area contributed by atoms with Crippen LogP contribution < -0.4 is 15.0 Å². The van der Waals surface area contributed by atoms with E-state index in [4.69, 9.17) is 4.74 Å². The molecule has 0 radical (unpaired) electrons. The molecular formula is C16H25BrN6OS. The molecule has 2 rings (SSSR count). The van der Waals surface area contributed by atoms with Crippen molar-refractivity contribution in [3.05, 3.63) is 23.3 Å². The van der Waals surface area contributed by atoms with Crippen LogP contribution >= 0.6 is 27.7 Å². The van der Waals surface area contributed by atoms with Crippen LogP contribution in [0.4, 0.5) is 5.95 Å². The molecule has 1 aromatic rings. The molecule has 0 amide bonds. The molecule has 25 heavy (non-hydrogen) atoms. The number of aromatic nitrogens is 2. The summed E-state index contributed by atoms with van der Waals surface area (Å²) in [6.45, 7) is 8.07. The molecule has 1 saturated heterocycles. The first-order chi connectivity index (χ1) is 12.2. The monoisotopic (exact) mass is 428 g/mol. The SMILES string of the molecule is C=CCSCCNC(=NC)N1CCN(c2ncc(Br)c(OC)n2)CC1. The van der Waals surface area contributed by atoms with Gasteiger partial charge in [-0.2, -0.15) is 16.7 Å². The van der Waals surface area contributed by atoms with E-state index in [-0.39, 0.29) is 0 Å². The Morgan fingerprint density at radius 2 is 2.24 bits per heavy atom. The minimum atomic E-state index is 0.557. The third kappa shape index (κ3) is 5.78. The quantitative estimate of drug-likeness (QED) is 0.307. The lowest BCUT2D eigenvalue weighted by Gasteiger charge is -2.36. The highest BCUT2D eigenvalue weighted by atomic mass is 79.9. The average Bonchev–Trinajstić information content (AvgIpc) is 2.65. The highest BCUT2D eigenvalue weighted by Crippen LogP contribution is 2.23. The number of thioether (sulfide) groups is 1. The molecule has 0 atom stereocenters. The number of rotatable bonds is 7. The molecule has 1 aliphatic heterocycles. The van der Waals surface area contributed by atoms with Crippen molar-refractivity contribution in [2.45, 2.75) is 0 Å². The molecule has 0 aromatic carbocycles. The van der Waals surface area contributed by atoms with Gasteiger partial charge in [-0.05, 0) is 15.9 Å². The molecule has 0 unspecified atom stereocenters. The first-order valence-corrected chi connectivity index (χ1v) is 10.1. The predicted molar refractivity (Wildman–Crippen MR) is 109 cm³/mol.